The standard InChI is InChI=1S/C15H19NO2S/c17-15(18)14-9-16(12-5-3-7-19-10-12)8-11-4-1-2-6-13(11)14/h1-2,4,6,12,14H,3,5,7-10H2,(H,17,18). The summed E-state index contributed by atoms with van der Waals surface area (Å²) in [7, 11) is 0. The van der Waals surface area contributed by atoms with E-state index < -0.39 is 5.97 Å². The summed E-state index contributed by atoms with van der Waals surface area (Å²) in [5.41, 5.74) is 2.20. The van der Waals surface area contributed by atoms with Crippen LogP contribution in [0.2, 0.25) is 0 Å². The first kappa shape index (κ1) is 13.0. The van der Waals surface area contributed by atoms with E-state index in [0.717, 1.165) is 17.9 Å². The van der Waals surface area contributed by atoms with Crippen LogP contribution in [0.15, 0.2) is 24.3 Å². The minimum Gasteiger partial charge on any atom is -0.481 e. The predicted molar refractivity (Wildman–Crippen MR) is 77.6 cm³/mol. The number of hydrogen-bond acceptors (Lipinski definition) is 3. The molecule has 3 nitrogen and oxygen atoms in total. The van der Waals surface area contributed by atoms with Gasteiger partial charge in [0.05, 0.1) is 5.92 Å². The van der Waals surface area contributed by atoms with Crippen LogP contribution < -0.4 is 0 Å². The molecule has 2 aliphatic rings. The van der Waals surface area contributed by atoms with Crippen molar-refractivity contribution in [3.8, 4) is 0 Å². The molecule has 4 heteroatoms. The van der Waals surface area contributed by atoms with E-state index in [9.17, 15) is 9.90 Å². The summed E-state index contributed by atoms with van der Waals surface area (Å²) in [5.74, 6) is 1.34. The molecule has 2 atom stereocenters. The summed E-state index contributed by atoms with van der Waals surface area (Å²) in [6.45, 7) is 1.57. The molecule has 2 unspecified atom stereocenters. The average Bonchev–Trinajstić information content (AvgIpc) is 2.47. The second kappa shape index (κ2) is 5.55. The molecule has 0 bridgehead atoms. The lowest BCUT2D eigenvalue weighted by Gasteiger charge is -2.39. The lowest BCUT2D eigenvalue weighted by atomic mass is 9.88. The molecule has 1 aromatic rings. The molecule has 0 spiro atoms. The number of carbonyl (C=O) groups is 1. The van der Waals surface area contributed by atoms with Crippen LogP contribution in [0.25, 0.3) is 0 Å². The fraction of sp³-hybridized carbons (Fsp3) is 0.533. The molecule has 0 aromatic heterocycles. The van der Waals surface area contributed by atoms with E-state index >= 15 is 0 Å². The Morgan fingerprint density at radius 1 is 1.37 bits per heavy atom. The average molecular weight is 277 g/mol. The number of hydrogen-bond donors (Lipinski definition) is 1. The Morgan fingerprint density at radius 3 is 2.95 bits per heavy atom. The molecule has 19 heavy (non-hydrogen) atoms. The fourth-order valence-electron chi connectivity index (χ4n) is 3.14. The van der Waals surface area contributed by atoms with Crippen LogP contribution in [0.1, 0.15) is 29.9 Å². The molecule has 1 fully saturated rings. The Hall–Kier alpha value is -1.00. The van der Waals surface area contributed by atoms with Gasteiger partial charge in [0.25, 0.3) is 0 Å². The van der Waals surface area contributed by atoms with Crippen molar-refractivity contribution in [3.05, 3.63) is 35.4 Å². The van der Waals surface area contributed by atoms with Crippen molar-refractivity contribution >= 4 is 17.7 Å². The van der Waals surface area contributed by atoms with Crippen LogP contribution in [-0.4, -0.2) is 40.1 Å². The molecule has 2 heterocycles. The van der Waals surface area contributed by atoms with Crippen molar-refractivity contribution in [1.82, 2.24) is 4.90 Å². The minimum absolute atomic E-state index is 0.364. The maximum Gasteiger partial charge on any atom is 0.312 e. The van der Waals surface area contributed by atoms with Crippen molar-refractivity contribution in [2.24, 2.45) is 0 Å². The number of fused-ring (bicyclic) bond motifs is 1. The molecule has 0 amide bonds. The molecule has 2 aliphatic heterocycles. The van der Waals surface area contributed by atoms with Gasteiger partial charge in [0.15, 0.2) is 0 Å². The second-order valence-corrected chi connectivity index (χ2v) is 6.54. The molecule has 0 saturated carbocycles. The molecule has 102 valence electrons. The van der Waals surface area contributed by atoms with Gasteiger partial charge in [-0.1, -0.05) is 24.3 Å². The van der Waals surface area contributed by atoms with Crippen LogP contribution in [0.4, 0.5) is 0 Å². The zero-order valence-corrected chi connectivity index (χ0v) is 11.7. The van der Waals surface area contributed by atoms with Gasteiger partial charge < -0.3 is 5.11 Å². The van der Waals surface area contributed by atoms with Gasteiger partial charge in [-0.3, -0.25) is 9.69 Å². The number of carboxylic acid groups (broad SMARTS) is 1. The lowest BCUT2D eigenvalue weighted by Crippen LogP contribution is -2.45. The van der Waals surface area contributed by atoms with E-state index in [1.165, 1.54) is 24.2 Å². The highest BCUT2D eigenvalue weighted by Gasteiger charge is 2.33. The first-order chi connectivity index (χ1) is 9.25. The predicted octanol–water partition coefficient (Wildman–Crippen LogP) is 2.57. The summed E-state index contributed by atoms with van der Waals surface area (Å²) in [6, 6.07) is 8.56. The molecule has 0 radical (unpaired) electrons. The summed E-state index contributed by atoms with van der Waals surface area (Å²) < 4.78 is 0. The summed E-state index contributed by atoms with van der Waals surface area (Å²) >= 11 is 2.00. The van der Waals surface area contributed by atoms with Crippen LogP contribution in [0, 0.1) is 0 Å². The van der Waals surface area contributed by atoms with Gasteiger partial charge in [-0.25, -0.2) is 0 Å². The zero-order valence-electron chi connectivity index (χ0n) is 10.9. The molecular weight excluding hydrogens is 258 g/mol. The molecular formula is C15H19NO2S. The van der Waals surface area contributed by atoms with E-state index in [1.807, 2.05) is 30.0 Å². The third-order valence-electron chi connectivity index (χ3n) is 4.17. The normalized spacial score (nSPS) is 27.8. The van der Waals surface area contributed by atoms with Crippen molar-refractivity contribution in [2.45, 2.75) is 31.3 Å². The van der Waals surface area contributed by atoms with Crippen molar-refractivity contribution in [1.29, 1.82) is 0 Å². The van der Waals surface area contributed by atoms with Crippen molar-refractivity contribution in [3.63, 3.8) is 0 Å². The van der Waals surface area contributed by atoms with Gasteiger partial charge in [-0.2, -0.15) is 11.8 Å². The minimum atomic E-state index is -0.694. The quantitative estimate of drug-likeness (QED) is 0.902. The Balaban J connectivity index is 1.85. The second-order valence-electron chi connectivity index (χ2n) is 5.39. The molecule has 1 N–H and O–H groups in total. The summed E-state index contributed by atoms with van der Waals surface area (Å²) in [4.78, 5) is 13.9. The van der Waals surface area contributed by atoms with Crippen molar-refractivity contribution < 1.29 is 9.90 Å². The lowest BCUT2D eigenvalue weighted by molar-refractivity contribution is -0.139. The van der Waals surface area contributed by atoms with E-state index in [0.29, 0.717) is 12.6 Å². The number of aliphatic carboxylic acids is 1. The van der Waals surface area contributed by atoms with E-state index in [-0.39, 0.29) is 5.92 Å². The number of benzene rings is 1. The molecule has 3 rings (SSSR count). The summed E-state index contributed by atoms with van der Waals surface area (Å²) in [6.07, 6.45) is 2.47. The maximum absolute atomic E-state index is 11.5. The van der Waals surface area contributed by atoms with Gasteiger partial charge in [0.2, 0.25) is 0 Å². The largest absolute Gasteiger partial charge is 0.481 e. The number of rotatable bonds is 2. The van der Waals surface area contributed by atoms with Crippen molar-refractivity contribution in [2.75, 3.05) is 18.1 Å². The number of nitrogens with zero attached hydrogens (tertiary/aromatic N) is 1. The van der Waals surface area contributed by atoms with Gasteiger partial charge in [0.1, 0.15) is 0 Å². The van der Waals surface area contributed by atoms with Gasteiger partial charge in [-0.05, 0) is 29.7 Å². The molecule has 1 aromatic carbocycles. The van der Waals surface area contributed by atoms with Crippen LogP contribution >= 0.6 is 11.8 Å². The topological polar surface area (TPSA) is 40.5 Å². The first-order valence-corrected chi connectivity index (χ1v) is 8.03. The highest BCUT2D eigenvalue weighted by Crippen LogP contribution is 2.32. The Labute approximate surface area is 118 Å². The van der Waals surface area contributed by atoms with E-state index in [2.05, 4.69) is 11.0 Å². The van der Waals surface area contributed by atoms with Gasteiger partial charge >= 0.3 is 5.97 Å². The molecule has 1 saturated heterocycles. The highest BCUT2D eigenvalue weighted by atomic mass is 32.2. The Kier molecular flexibility index (Phi) is 3.80. The Morgan fingerprint density at radius 2 is 2.21 bits per heavy atom. The third-order valence-corrected chi connectivity index (χ3v) is 5.37. The first-order valence-electron chi connectivity index (χ1n) is 6.88. The third kappa shape index (κ3) is 2.65. The van der Waals surface area contributed by atoms with E-state index in [4.69, 9.17) is 0 Å². The monoisotopic (exact) mass is 277 g/mol. The maximum atomic E-state index is 11.5. The zero-order chi connectivity index (χ0) is 13.2. The van der Waals surface area contributed by atoms with Gasteiger partial charge in [-0.15, -0.1) is 0 Å². The van der Waals surface area contributed by atoms with E-state index in [1.54, 1.807) is 0 Å². The Bertz CT molecular complexity index is 471. The smallest absolute Gasteiger partial charge is 0.312 e. The highest BCUT2D eigenvalue weighted by molar-refractivity contribution is 7.99. The van der Waals surface area contributed by atoms with Crippen LogP contribution in [0.3, 0.4) is 0 Å². The van der Waals surface area contributed by atoms with Gasteiger partial charge in [0, 0.05) is 24.9 Å². The van der Waals surface area contributed by atoms with Crippen LogP contribution in [0.5, 0.6) is 0 Å². The summed E-state index contributed by atoms with van der Waals surface area (Å²) in [5, 5.41) is 9.47. The number of carboxylic acids is 1. The number of thioether (sulfide) groups is 1. The fourth-order valence-corrected chi connectivity index (χ4v) is 4.32. The molecule has 0 aliphatic carbocycles. The SMILES string of the molecule is O=C(O)C1CN(C2CCCSC2)Cc2ccccc21. The van der Waals surface area contributed by atoms with Crippen LogP contribution in [-0.2, 0) is 11.3 Å².